The van der Waals surface area contributed by atoms with Crippen LogP contribution in [0.15, 0.2) is 12.1 Å². The predicted molar refractivity (Wildman–Crippen MR) is 62.0 cm³/mol. The molecule has 1 saturated heterocycles. The third kappa shape index (κ3) is 2.37. The van der Waals surface area contributed by atoms with Crippen LogP contribution >= 0.6 is 0 Å². The number of hydrogen-bond donors (Lipinski definition) is 0. The molecular weight excluding hydrogens is 234 g/mol. The van der Waals surface area contributed by atoms with Crippen molar-refractivity contribution in [2.45, 2.75) is 32.2 Å². The number of ether oxygens (including phenoxy) is 3. The van der Waals surface area contributed by atoms with E-state index in [2.05, 4.69) is 4.98 Å². The fourth-order valence-electron chi connectivity index (χ4n) is 2.16. The molecule has 1 aromatic rings. The van der Waals surface area contributed by atoms with Crippen LogP contribution in [0.2, 0.25) is 0 Å². The maximum Gasteiger partial charge on any atom is 0.340 e. The van der Waals surface area contributed by atoms with Gasteiger partial charge in [0.2, 0.25) is 0 Å². The Morgan fingerprint density at radius 2 is 2.11 bits per heavy atom. The second kappa shape index (κ2) is 5.04. The lowest BCUT2D eigenvalue weighted by Gasteiger charge is -2.22. The van der Waals surface area contributed by atoms with E-state index in [-0.39, 0.29) is 12.3 Å². The van der Waals surface area contributed by atoms with Gasteiger partial charge in [0.25, 0.3) is 0 Å². The fraction of sp³-hybridized carbons (Fsp3) is 0.538. The first kappa shape index (κ1) is 11.6. The molecule has 0 spiro atoms. The molecule has 0 aliphatic carbocycles. The fourth-order valence-corrected chi connectivity index (χ4v) is 2.16. The highest BCUT2D eigenvalue weighted by atomic mass is 16.7. The van der Waals surface area contributed by atoms with Crippen molar-refractivity contribution in [3.05, 3.63) is 29.1 Å². The van der Waals surface area contributed by atoms with Gasteiger partial charge in [-0.2, -0.15) is 0 Å². The van der Waals surface area contributed by atoms with E-state index in [0.29, 0.717) is 12.2 Å². The molecule has 0 amide bonds. The number of carbonyl (C=O) groups excluding carboxylic acids is 1. The Labute approximate surface area is 105 Å². The quantitative estimate of drug-likeness (QED) is 0.759. The van der Waals surface area contributed by atoms with Crippen molar-refractivity contribution in [3.63, 3.8) is 0 Å². The zero-order chi connectivity index (χ0) is 12.4. The van der Waals surface area contributed by atoms with Gasteiger partial charge in [0, 0.05) is 12.1 Å². The summed E-state index contributed by atoms with van der Waals surface area (Å²) in [6.07, 6.45) is 2.42. The number of pyridine rings is 1. The maximum absolute atomic E-state index is 11.3. The molecule has 5 nitrogen and oxygen atoms in total. The van der Waals surface area contributed by atoms with Gasteiger partial charge in [0.05, 0.1) is 24.5 Å². The number of hydrogen-bond acceptors (Lipinski definition) is 5. The monoisotopic (exact) mass is 249 g/mol. The first-order chi connectivity index (χ1) is 8.83. The normalized spacial score (nSPS) is 19.7. The van der Waals surface area contributed by atoms with Crippen molar-refractivity contribution >= 4 is 5.97 Å². The Morgan fingerprint density at radius 3 is 2.94 bits per heavy atom. The van der Waals surface area contributed by atoms with Crippen LogP contribution in [0, 0.1) is 0 Å². The van der Waals surface area contributed by atoms with E-state index in [1.54, 1.807) is 6.07 Å². The highest BCUT2D eigenvalue weighted by Crippen LogP contribution is 2.19. The molecule has 0 N–H and O–H groups in total. The third-order valence-corrected chi connectivity index (χ3v) is 3.12. The second-order valence-electron chi connectivity index (χ2n) is 4.44. The average molecular weight is 249 g/mol. The smallest absolute Gasteiger partial charge is 0.340 e. The molecule has 0 bridgehead atoms. The predicted octanol–water partition coefficient (Wildman–Crippen LogP) is 1.45. The van der Waals surface area contributed by atoms with E-state index >= 15 is 0 Å². The van der Waals surface area contributed by atoms with Crippen LogP contribution in [0.4, 0.5) is 0 Å². The van der Waals surface area contributed by atoms with Crippen molar-refractivity contribution in [1.29, 1.82) is 0 Å². The lowest BCUT2D eigenvalue weighted by atomic mass is 10.1. The number of aromatic nitrogens is 1. The van der Waals surface area contributed by atoms with Gasteiger partial charge in [-0.3, -0.25) is 4.98 Å². The van der Waals surface area contributed by atoms with Crippen LogP contribution in [0.25, 0.3) is 0 Å². The zero-order valence-corrected chi connectivity index (χ0v) is 10.1. The number of aryl methyl sites for hydroxylation is 1. The molecule has 2 aliphatic heterocycles. The first-order valence-electron chi connectivity index (χ1n) is 6.22. The van der Waals surface area contributed by atoms with E-state index < -0.39 is 0 Å². The molecule has 18 heavy (non-hydrogen) atoms. The van der Waals surface area contributed by atoms with Crippen LogP contribution in [0.3, 0.4) is 0 Å². The van der Waals surface area contributed by atoms with Crippen molar-refractivity contribution < 1.29 is 19.0 Å². The van der Waals surface area contributed by atoms with Gasteiger partial charge >= 0.3 is 5.97 Å². The van der Waals surface area contributed by atoms with Gasteiger partial charge in [-0.1, -0.05) is 0 Å². The summed E-state index contributed by atoms with van der Waals surface area (Å²) in [7, 11) is 0. The summed E-state index contributed by atoms with van der Waals surface area (Å²) in [5.74, 6) is -0.275. The van der Waals surface area contributed by atoms with E-state index in [4.69, 9.17) is 14.2 Å². The number of nitrogens with zero attached hydrogens (tertiary/aromatic N) is 1. The minimum Gasteiger partial charge on any atom is -0.456 e. The molecule has 3 rings (SSSR count). The van der Waals surface area contributed by atoms with Crippen molar-refractivity contribution in [2.24, 2.45) is 0 Å². The SMILES string of the molecule is O=C1OCc2nc(CCC3OCCCO3)ccc21. The zero-order valence-electron chi connectivity index (χ0n) is 10.1. The van der Waals surface area contributed by atoms with Crippen LogP contribution in [-0.4, -0.2) is 30.5 Å². The summed E-state index contributed by atoms with van der Waals surface area (Å²) in [6.45, 7) is 1.83. The van der Waals surface area contributed by atoms with Crippen molar-refractivity contribution in [1.82, 2.24) is 4.98 Å². The summed E-state index contributed by atoms with van der Waals surface area (Å²) in [5, 5.41) is 0. The lowest BCUT2D eigenvalue weighted by molar-refractivity contribution is -0.180. The first-order valence-corrected chi connectivity index (χ1v) is 6.22. The Hall–Kier alpha value is -1.46. The molecule has 5 heteroatoms. The summed E-state index contributed by atoms with van der Waals surface area (Å²) in [5.41, 5.74) is 2.27. The molecule has 0 radical (unpaired) electrons. The molecule has 1 fully saturated rings. The molecule has 96 valence electrons. The molecule has 3 heterocycles. The third-order valence-electron chi connectivity index (χ3n) is 3.12. The van der Waals surface area contributed by atoms with Crippen molar-refractivity contribution in [2.75, 3.05) is 13.2 Å². The largest absolute Gasteiger partial charge is 0.456 e. The highest BCUT2D eigenvalue weighted by molar-refractivity contribution is 5.92. The van der Waals surface area contributed by atoms with Crippen LogP contribution < -0.4 is 0 Å². The van der Waals surface area contributed by atoms with E-state index in [1.165, 1.54) is 0 Å². The van der Waals surface area contributed by atoms with E-state index in [9.17, 15) is 4.79 Å². The maximum atomic E-state index is 11.3. The molecule has 0 atom stereocenters. The summed E-state index contributed by atoms with van der Waals surface area (Å²) in [6, 6.07) is 3.66. The molecular formula is C13H15NO4. The number of carbonyl (C=O) groups is 1. The Kier molecular flexibility index (Phi) is 3.25. The number of esters is 1. The minimum absolute atomic E-state index is 0.119. The Balaban J connectivity index is 1.61. The lowest BCUT2D eigenvalue weighted by Crippen LogP contribution is -2.25. The number of rotatable bonds is 3. The van der Waals surface area contributed by atoms with Crippen LogP contribution in [0.5, 0.6) is 0 Å². The molecule has 1 aromatic heterocycles. The van der Waals surface area contributed by atoms with Gasteiger partial charge in [0.1, 0.15) is 6.61 Å². The molecule has 2 aliphatic rings. The Morgan fingerprint density at radius 1 is 1.28 bits per heavy atom. The van der Waals surface area contributed by atoms with Gasteiger partial charge in [-0.15, -0.1) is 0 Å². The van der Waals surface area contributed by atoms with Gasteiger partial charge < -0.3 is 14.2 Å². The number of fused-ring (bicyclic) bond motifs is 1. The van der Waals surface area contributed by atoms with Crippen LogP contribution in [0.1, 0.15) is 34.6 Å². The van der Waals surface area contributed by atoms with Crippen LogP contribution in [-0.2, 0) is 27.2 Å². The summed E-state index contributed by atoms with van der Waals surface area (Å²) in [4.78, 5) is 15.7. The number of cyclic esters (lactones) is 1. The van der Waals surface area contributed by atoms with Gasteiger partial charge in [-0.05, 0) is 25.0 Å². The standard InChI is InChI=1S/C13H15NO4/c15-13-10-4-2-9(14-11(10)8-18-13)3-5-12-16-6-1-7-17-12/h2,4,12H,1,3,5-8H2. The Bertz CT molecular complexity index is 454. The second-order valence-corrected chi connectivity index (χ2v) is 4.44. The highest BCUT2D eigenvalue weighted by Gasteiger charge is 2.22. The summed E-state index contributed by atoms with van der Waals surface area (Å²) < 4.78 is 15.9. The van der Waals surface area contributed by atoms with E-state index in [1.807, 2.05) is 6.07 Å². The molecule has 0 unspecified atom stereocenters. The minimum atomic E-state index is -0.275. The average Bonchev–Trinajstić information content (AvgIpc) is 2.79. The molecule has 0 saturated carbocycles. The molecule has 0 aromatic carbocycles. The van der Waals surface area contributed by atoms with Crippen molar-refractivity contribution in [3.8, 4) is 0 Å². The van der Waals surface area contributed by atoms with Gasteiger partial charge in [0.15, 0.2) is 6.29 Å². The van der Waals surface area contributed by atoms with E-state index in [0.717, 1.165) is 43.9 Å². The topological polar surface area (TPSA) is 57.7 Å². The summed E-state index contributed by atoms with van der Waals surface area (Å²) >= 11 is 0. The van der Waals surface area contributed by atoms with Gasteiger partial charge in [-0.25, -0.2) is 4.79 Å².